The van der Waals surface area contributed by atoms with Crippen LogP contribution in [-0.4, -0.2) is 24.1 Å². The van der Waals surface area contributed by atoms with Crippen molar-refractivity contribution in [2.45, 2.75) is 251 Å². The fourth-order valence-corrected chi connectivity index (χ4v) is 20.3. The molecule has 0 saturated heterocycles. The highest BCUT2D eigenvalue weighted by Gasteiger charge is 2.65. The second-order valence-corrected chi connectivity index (χ2v) is 28.5. The molecule has 8 rings (SSSR count). The Kier molecular flexibility index (Phi) is 17.3. The summed E-state index contributed by atoms with van der Waals surface area (Å²) in [5, 5.41) is 0. The smallest absolute Gasteiger partial charge is 0.302 e. The molecule has 0 aromatic heterocycles. The number of rotatable bonds is 13. The maximum atomic E-state index is 12.2. The SMILES string of the molecule is CC[C@H](/C=C/[C@@H](C)[C@H]1CCC2[C@@H]3C(OC(C)=O)C[C@@H]4C[C@@H](C)CC[C@]4(C)C3CC[C@@]21C)C(C)C.CC[C@H](CC[C@@H](C)[C@H]1CCC2[C@@H]3C(OC(C)=O)C[C@@H]4C[C@@H](C)CC[C@]4(C)C3CC[C@@]21C)C(C)C. The fourth-order valence-electron chi connectivity index (χ4n) is 20.3. The summed E-state index contributed by atoms with van der Waals surface area (Å²) in [6.07, 6.45) is 32.1. The molecule has 6 unspecified atom stereocenters. The van der Waals surface area contributed by atoms with Crippen LogP contribution in [0, 0.1) is 128 Å². The Morgan fingerprint density at radius 3 is 1.40 bits per heavy atom. The Balaban J connectivity index is 0.000000201. The number of allylic oxidation sites excluding steroid dienone is 2. The molecule has 0 radical (unpaired) electrons. The zero-order valence-electron chi connectivity index (χ0n) is 47.5. The molecule has 4 nitrogen and oxygen atoms in total. The van der Waals surface area contributed by atoms with Crippen LogP contribution in [0.25, 0.3) is 0 Å². The summed E-state index contributed by atoms with van der Waals surface area (Å²) in [6, 6.07) is 0. The van der Waals surface area contributed by atoms with Gasteiger partial charge in [0.15, 0.2) is 0 Å². The van der Waals surface area contributed by atoms with Crippen molar-refractivity contribution in [3.63, 3.8) is 0 Å². The minimum Gasteiger partial charge on any atom is -0.462 e. The van der Waals surface area contributed by atoms with Crippen LogP contribution in [0.3, 0.4) is 0 Å². The van der Waals surface area contributed by atoms with Crippen LogP contribution >= 0.6 is 0 Å². The highest BCUT2D eigenvalue weighted by molar-refractivity contribution is 5.66. The Bertz CT molecular complexity index is 1710. The molecule has 8 saturated carbocycles. The van der Waals surface area contributed by atoms with Gasteiger partial charge in [0.2, 0.25) is 0 Å². The van der Waals surface area contributed by atoms with Crippen LogP contribution in [-0.2, 0) is 19.1 Å². The van der Waals surface area contributed by atoms with Crippen LogP contribution in [0.2, 0.25) is 0 Å². The maximum Gasteiger partial charge on any atom is 0.302 e. The van der Waals surface area contributed by atoms with Crippen molar-refractivity contribution >= 4 is 11.9 Å². The van der Waals surface area contributed by atoms with Crippen molar-refractivity contribution in [1.29, 1.82) is 0 Å². The lowest BCUT2D eigenvalue weighted by molar-refractivity contribution is -0.191. The van der Waals surface area contributed by atoms with Crippen LogP contribution < -0.4 is 0 Å². The molecule has 4 heteroatoms. The van der Waals surface area contributed by atoms with E-state index in [1.807, 2.05) is 0 Å². The number of esters is 2. The average Bonchev–Trinajstić information content (AvgIpc) is 3.81. The van der Waals surface area contributed by atoms with E-state index < -0.39 is 0 Å². The molecule has 68 heavy (non-hydrogen) atoms. The Hall–Kier alpha value is -1.32. The summed E-state index contributed by atoms with van der Waals surface area (Å²) in [5.41, 5.74) is 1.73. The normalized spacial score (nSPS) is 45.9. The van der Waals surface area contributed by atoms with Gasteiger partial charge in [0.1, 0.15) is 12.2 Å². The van der Waals surface area contributed by atoms with Gasteiger partial charge < -0.3 is 9.47 Å². The number of carbonyl (C=O) groups is 2. The van der Waals surface area contributed by atoms with E-state index in [-0.39, 0.29) is 24.1 Å². The topological polar surface area (TPSA) is 52.6 Å². The third-order valence-electron chi connectivity index (χ3n) is 24.4. The predicted octanol–water partition coefficient (Wildman–Crippen LogP) is 17.6. The molecule has 0 N–H and O–H groups in total. The van der Waals surface area contributed by atoms with Crippen molar-refractivity contribution in [1.82, 2.24) is 0 Å². The van der Waals surface area contributed by atoms with Crippen molar-refractivity contribution < 1.29 is 19.1 Å². The molecule has 0 aromatic carbocycles. The van der Waals surface area contributed by atoms with Gasteiger partial charge in [-0.15, -0.1) is 0 Å². The molecule has 8 fully saturated rings. The minimum absolute atomic E-state index is 0.0503. The van der Waals surface area contributed by atoms with Gasteiger partial charge in [-0.3, -0.25) is 9.59 Å². The molecule has 22 atom stereocenters. The zero-order valence-corrected chi connectivity index (χ0v) is 47.5. The third-order valence-corrected chi connectivity index (χ3v) is 24.4. The number of hydrogen-bond donors (Lipinski definition) is 0. The van der Waals surface area contributed by atoms with Crippen molar-refractivity contribution in [3.8, 4) is 0 Å². The van der Waals surface area contributed by atoms with E-state index in [2.05, 4.69) is 109 Å². The summed E-state index contributed by atoms with van der Waals surface area (Å²) < 4.78 is 12.4. The maximum absolute atomic E-state index is 12.2. The Labute approximate surface area is 421 Å². The van der Waals surface area contributed by atoms with E-state index >= 15 is 0 Å². The summed E-state index contributed by atoms with van der Waals surface area (Å²) >= 11 is 0. The Morgan fingerprint density at radius 1 is 0.529 bits per heavy atom. The van der Waals surface area contributed by atoms with Crippen LogP contribution in [0.15, 0.2) is 12.2 Å². The fraction of sp³-hybridized carbons (Fsp3) is 0.938. The molecule has 8 aliphatic rings. The number of fused-ring (bicyclic) bond motifs is 10. The number of carbonyl (C=O) groups excluding carboxylic acids is 2. The van der Waals surface area contributed by atoms with Gasteiger partial charge in [0.25, 0.3) is 0 Å². The molecule has 0 spiro atoms. The Morgan fingerprint density at radius 2 is 0.971 bits per heavy atom. The second kappa shape index (κ2) is 21.6. The summed E-state index contributed by atoms with van der Waals surface area (Å²) in [6.45, 7) is 38.0. The minimum atomic E-state index is -0.0615. The van der Waals surface area contributed by atoms with Gasteiger partial charge in [-0.05, 0) is 219 Å². The molecule has 0 bridgehead atoms. The van der Waals surface area contributed by atoms with Crippen LogP contribution in [0.5, 0.6) is 0 Å². The summed E-state index contributed by atoms with van der Waals surface area (Å²) in [7, 11) is 0. The standard InChI is InChI=1S/C32H56O2.C32H54O2/c2*1-9-24(20(2)3)11-10-22(5)26-12-13-27-30-28(15-17-32(26,27)8)31(7)16-14-21(4)18-25(31)19-29(30)34-23(6)33/h20-22,24-30H,9-19H2,1-8H3;10-11,20-22,24-30H,9,12-19H2,1-8H3/b;11-10+/t2*21-,22+,24+,25-,26+,27?,28?,29?,30-,31-,32+/m00/s1. The van der Waals surface area contributed by atoms with Gasteiger partial charge in [-0.25, -0.2) is 0 Å². The van der Waals surface area contributed by atoms with Gasteiger partial charge in [0.05, 0.1) is 0 Å². The lowest BCUT2D eigenvalue weighted by atomic mass is 9.43. The quantitative estimate of drug-likeness (QED) is 0.136. The number of hydrogen-bond acceptors (Lipinski definition) is 4. The lowest BCUT2D eigenvalue weighted by Crippen LogP contribution is -2.59. The molecule has 0 aromatic rings. The predicted molar refractivity (Wildman–Crippen MR) is 285 cm³/mol. The molecule has 0 aliphatic heterocycles. The van der Waals surface area contributed by atoms with E-state index in [4.69, 9.17) is 9.47 Å². The van der Waals surface area contributed by atoms with Gasteiger partial charge in [-0.2, -0.15) is 0 Å². The molecule has 390 valence electrons. The summed E-state index contributed by atoms with van der Waals surface area (Å²) in [4.78, 5) is 24.5. The lowest BCUT2D eigenvalue weighted by Gasteiger charge is -2.63. The van der Waals surface area contributed by atoms with Gasteiger partial charge in [0, 0.05) is 25.7 Å². The molecular weight excluding hydrogens is 833 g/mol. The first kappa shape index (κ1) is 54.5. The molecule has 8 aliphatic carbocycles. The molecule has 0 amide bonds. The first-order valence-corrected chi connectivity index (χ1v) is 30.0. The molecule has 0 heterocycles. The van der Waals surface area contributed by atoms with E-state index in [9.17, 15) is 9.59 Å². The number of ether oxygens (including phenoxy) is 2. The van der Waals surface area contributed by atoms with E-state index in [0.717, 1.165) is 89.8 Å². The van der Waals surface area contributed by atoms with Crippen molar-refractivity contribution in [3.05, 3.63) is 12.2 Å². The summed E-state index contributed by atoms with van der Waals surface area (Å²) in [5.74, 6) is 13.2. The van der Waals surface area contributed by atoms with Crippen molar-refractivity contribution in [2.24, 2.45) is 128 Å². The highest BCUT2D eigenvalue weighted by Crippen LogP contribution is 2.71. The van der Waals surface area contributed by atoms with Crippen molar-refractivity contribution in [2.75, 3.05) is 0 Å². The van der Waals surface area contributed by atoms with E-state index in [0.29, 0.717) is 51.2 Å². The largest absolute Gasteiger partial charge is 0.462 e. The molecular formula is C64H110O4. The zero-order chi connectivity index (χ0) is 49.7. The second-order valence-electron chi connectivity index (χ2n) is 28.5. The van der Waals surface area contributed by atoms with E-state index in [1.165, 1.54) is 116 Å². The average molecular weight is 944 g/mol. The third kappa shape index (κ3) is 10.4. The van der Waals surface area contributed by atoms with Gasteiger partial charge in [-0.1, -0.05) is 135 Å². The highest BCUT2D eigenvalue weighted by atomic mass is 16.5. The van der Waals surface area contributed by atoms with Crippen LogP contribution in [0.1, 0.15) is 239 Å². The first-order chi connectivity index (χ1) is 32.0. The first-order valence-electron chi connectivity index (χ1n) is 30.0. The van der Waals surface area contributed by atoms with Crippen LogP contribution in [0.4, 0.5) is 0 Å². The van der Waals surface area contributed by atoms with Gasteiger partial charge >= 0.3 is 11.9 Å². The monoisotopic (exact) mass is 943 g/mol. The van der Waals surface area contributed by atoms with E-state index in [1.54, 1.807) is 13.8 Å².